The fraction of sp³-hybridized carbons (Fsp3) is 0.429. The van der Waals surface area contributed by atoms with Crippen LogP contribution in [0.5, 0.6) is 5.75 Å². The van der Waals surface area contributed by atoms with Crippen molar-refractivity contribution in [2.24, 2.45) is 0 Å². The lowest BCUT2D eigenvalue weighted by atomic mass is 9.87. The van der Waals surface area contributed by atoms with Crippen LogP contribution in [-0.4, -0.2) is 54.1 Å². The van der Waals surface area contributed by atoms with Crippen LogP contribution in [0.2, 0.25) is 0 Å². The van der Waals surface area contributed by atoms with Gasteiger partial charge in [0.15, 0.2) is 5.60 Å². The van der Waals surface area contributed by atoms with E-state index in [-0.39, 0.29) is 17.5 Å². The monoisotopic (exact) mass is 556 g/mol. The second kappa shape index (κ2) is 12.4. The summed E-state index contributed by atoms with van der Waals surface area (Å²) < 4.78 is 11.1. The highest BCUT2D eigenvalue weighted by Gasteiger charge is 2.34. The first-order valence-corrected chi connectivity index (χ1v) is 14.5. The molecule has 1 aliphatic heterocycles. The van der Waals surface area contributed by atoms with Crippen LogP contribution in [0.3, 0.4) is 0 Å². The van der Waals surface area contributed by atoms with Crippen LogP contribution in [0.15, 0.2) is 72.8 Å². The third-order valence-corrected chi connectivity index (χ3v) is 7.92. The van der Waals surface area contributed by atoms with Crippen LogP contribution in [0.1, 0.15) is 64.2 Å². The van der Waals surface area contributed by atoms with Gasteiger partial charge in [0.25, 0.3) is 0 Å². The maximum absolute atomic E-state index is 13.0. The van der Waals surface area contributed by atoms with Crippen LogP contribution in [-0.2, 0) is 27.9 Å². The van der Waals surface area contributed by atoms with E-state index < -0.39 is 11.6 Å². The van der Waals surface area contributed by atoms with Crippen LogP contribution in [0, 0.1) is 0 Å². The zero-order valence-corrected chi connectivity index (χ0v) is 25.6. The molecule has 1 heterocycles. The average Bonchev–Trinajstić information content (AvgIpc) is 3.21. The molecule has 41 heavy (non-hydrogen) atoms. The van der Waals surface area contributed by atoms with E-state index in [0.717, 1.165) is 42.5 Å². The second-order valence-corrected chi connectivity index (χ2v) is 12.6. The first-order valence-electron chi connectivity index (χ1n) is 14.5. The number of ether oxygens (including phenoxy) is 2. The van der Waals surface area contributed by atoms with Crippen molar-refractivity contribution in [3.63, 3.8) is 0 Å². The topological polar surface area (TPSA) is 59.1 Å². The molecule has 0 aliphatic carbocycles. The van der Waals surface area contributed by atoms with E-state index in [1.807, 2.05) is 53.2 Å². The predicted molar refractivity (Wildman–Crippen MR) is 164 cm³/mol. The molecule has 0 N–H and O–H groups in total. The van der Waals surface area contributed by atoms with E-state index in [2.05, 4.69) is 57.2 Å². The number of carbonyl (C=O) groups is 2. The summed E-state index contributed by atoms with van der Waals surface area (Å²) in [7, 11) is 3.28. The number of urea groups is 1. The van der Waals surface area contributed by atoms with Crippen LogP contribution in [0.25, 0.3) is 11.1 Å². The maximum atomic E-state index is 13.0. The molecular weight excluding hydrogens is 512 g/mol. The normalized spacial score (nSPS) is 15.8. The fourth-order valence-corrected chi connectivity index (χ4v) is 5.35. The molecule has 0 aromatic heterocycles. The number of amides is 2. The van der Waals surface area contributed by atoms with E-state index in [0.29, 0.717) is 12.3 Å². The van der Waals surface area contributed by atoms with Crippen molar-refractivity contribution in [3.8, 4) is 16.9 Å². The third kappa shape index (κ3) is 7.29. The quantitative estimate of drug-likeness (QED) is 0.247. The molecule has 4 rings (SSSR count). The summed E-state index contributed by atoms with van der Waals surface area (Å²) in [5, 5.41) is 0. The Morgan fingerprint density at radius 1 is 0.927 bits per heavy atom. The van der Waals surface area contributed by atoms with Crippen molar-refractivity contribution in [2.75, 3.05) is 20.7 Å². The Morgan fingerprint density at radius 3 is 2.22 bits per heavy atom. The van der Waals surface area contributed by atoms with E-state index >= 15 is 0 Å². The van der Waals surface area contributed by atoms with Gasteiger partial charge in [-0.3, -0.25) is 0 Å². The molecule has 3 aromatic rings. The van der Waals surface area contributed by atoms with Gasteiger partial charge in [-0.2, -0.15) is 0 Å². The summed E-state index contributed by atoms with van der Waals surface area (Å²) in [6, 6.07) is 25.1. The number of aryl methyl sites for hydroxylation is 1. The third-order valence-electron chi connectivity index (χ3n) is 7.92. The number of hydrogen-bond acceptors (Lipinski definition) is 4. The van der Waals surface area contributed by atoms with Crippen molar-refractivity contribution in [1.82, 2.24) is 9.80 Å². The van der Waals surface area contributed by atoms with Crippen molar-refractivity contribution in [1.29, 1.82) is 0 Å². The molecular formula is C35H44N2O4. The van der Waals surface area contributed by atoms with Gasteiger partial charge < -0.3 is 19.3 Å². The van der Waals surface area contributed by atoms with Gasteiger partial charge in [0.1, 0.15) is 5.75 Å². The predicted octanol–water partition coefficient (Wildman–Crippen LogP) is 7.24. The molecule has 1 fully saturated rings. The van der Waals surface area contributed by atoms with Crippen molar-refractivity contribution in [3.05, 3.63) is 89.5 Å². The zero-order valence-electron chi connectivity index (χ0n) is 25.6. The summed E-state index contributed by atoms with van der Waals surface area (Å²) in [6.45, 7) is 11.4. The molecule has 3 aromatic carbocycles. The number of hydrogen-bond donors (Lipinski definition) is 0. The number of nitrogens with zero attached hydrogens (tertiary/aromatic N) is 2. The molecule has 1 aliphatic rings. The average molecular weight is 557 g/mol. The van der Waals surface area contributed by atoms with Gasteiger partial charge >= 0.3 is 12.0 Å². The molecule has 0 bridgehead atoms. The Morgan fingerprint density at radius 2 is 1.59 bits per heavy atom. The largest absolute Gasteiger partial charge is 0.476 e. The molecule has 0 unspecified atom stereocenters. The lowest BCUT2D eigenvalue weighted by Gasteiger charge is -2.25. The molecule has 6 heteroatoms. The molecule has 0 saturated carbocycles. The molecule has 0 radical (unpaired) electrons. The van der Waals surface area contributed by atoms with Gasteiger partial charge in [-0.25, -0.2) is 9.59 Å². The number of benzene rings is 3. The lowest BCUT2D eigenvalue weighted by molar-refractivity contribution is -0.156. The number of carbonyl (C=O) groups excluding carboxylic acids is 2. The van der Waals surface area contributed by atoms with Crippen LogP contribution < -0.4 is 4.74 Å². The smallest absolute Gasteiger partial charge is 0.349 e. The minimum Gasteiger partial charge on any atom is -0.476 e. The van der Waals surface area contributed by atoms with Gasteiger partial charge in [0.05, 0.1) is 13.2 Å². The molecule has 218 valence electrons. The van der Waals surface area contributed by atoms with Gasteiger partial charge in [-0.1, -0.05) is 81.4 Å². The van der Waals surface area contributed by atoms with E-state index in [1.54, 1.807) is 13.8 Å². The Bertz CT molecular complexity index is 1340. The molecule has 6 nitrogen and oxygen atoms in total. The highest BCUT2D eigenvalue weighted by atomic mass is 16.6. The minimum absolute atomic E-state index is 0.0935. The van der Waals surface area contributed by atoms with Crippen molar-refractivity contribution >= 4 is 12.0 Å². The van der Waals surface area contributed by atoms with Crippen LogP contribution in [0.4, 0.5) is 4.79 Å². The van der Waals surface area contributed by atoms with E-state index in [4.69, 9.17) is 9.47 Å². The Labute approximate surface area is 245 Å². The second-order valence-electron chi connectivity index (χ2n) is 12.6. The highest BCUT2D eigenvalue weighted by Crippen LogP contribution is 2.34. The van der Waals surface area contributed by atoms with Crippen molar-refractivity contribution < 1.29 is 19.1 Å². The Hall–Kier alpha value is -3.80. The zero-order chi connectivity index (χ0) is 29.8. The van der Waals surface area contributed by atoms with E-state index in [1.165, 1.54) is 18.2 Å². The number of likely N-dealkylation sites (N-methyl/N-ethyl adjacent to an activating group) is 1. The summed E-state index contributed by atoms with van der Waals surface area (Å²) >= 11 is 0. The first kappa shape index (κ1) is 30.2. The molecule has 1 saturated heterocycles. The summed E-state index contributed by atoms with van der Waals surface area (Å²) in [6.07, 6.45) is 2.77. The number of rotatable bonds is 10. The van der Waals surface area contributed by atoms with Gasteiger partial charge in [-0.05, 0) is 72.9 Å². The van der Waals surface area contributed by atoms with E-state index in [9.17, 15) is 9.59 Å². The Kier molecular flexibility index (Phi) is 9.11. The van der Waals surface area contributed by atoms with Crippen molar-refractivity contribution in [2.45, 2.75) is 77.5 Å². The molecule has 2 amide bonds. The van der Waals surface area contributed by atoms with Gasteiger partial charge in [0, 0.05) is 25.7 Å². The maximum Gasteiger partial charge on any atom is 0.349 e. The lowest BCUT2D eigenvalue weighted by Crippen LogP contribution is -2.39. The minimum atomic E-state index is -1.11. The fourth-order valence-electron chi connectivity index (χ4n) is 5.35. The highest BCUT2D eigenvalue weighted by molar-refractivity contribution is 5.80. The van der Waals surface area contributed by atoms with Gasteiger partial charge in [-0.15, -0.1) is 0 Å². The summed E-state index contributed by atoms with van der Waals surface area (Å²) in [4.78, 5) is 29.1. The molecule has 0 spiro atoms. The SMILES string of the molecule is COC(=O)C(C)(C)Oc1ccc(CCC[C@H]2CN(Cc3ccc(C(C)(C)C)cc3)C(=O)N2C)cc1-c1ccccc1. The number of esters is 1. The van der Waals surface area contributed by atoms with Gasteiger partial charge in [0.2, 0.25) is 0 Å². The van der Waals surface area contributed by atoms with Crippen LogP contribution >= 0.6 is 0 Å². The summed E-state index contributed by atoms with van der Waals surface area (Å²) in [5.41, 5.74) is 4.61. The number of methoxy groups -OCH3 is 1. The first-order chi connectivity index (χ1) is 19.4. The standard InChI is InChI=1S/C35H44N2O4/c1-34(2,3)28-19-16-26(17-20-28)23-37-24-29(36(6)33(37)39)15-11-12-25-18-21-31(41-35(4,5)32(38)40-7)30(22-25)27-13-9-8-10-14-27/h8-10,13-14,16-22,29H,11-12,15,23-24H2,1-7H3/t29-/m0/s1. The summed E-state index contributed by atoms with van der Waals surface area (Å²) in [5.74, 6) is 0.217. The molecule has 1 atom stereocenters. The Balaban J connectivity index is 1.40.